The van der Waals surface area contributed by atoms with Crippen LogP contribution in [0.2, 0.25) is 0 Å². The zero-order valence-corrected chi connectivity index (χ0v) is 14.3. The van der Waals surface area contributed by atoms with Gasteiger partial charge in [-0.1, -0.05) is 48.6 Å². The molecule has 1 amide bonds. The van der Waals surface area contributed by atoms with Crippen molar-refractivity contribution in [2.45, 2.75) is 6.42 Å². The topological polar surface area (TPSA) is 23.6 Å². The SMILES string of the molecule is O=C(c1cccc(F)c1)N1CCCN(C/C=C/c2ccccc2)CC1. The molecule has 0 radical (unpaired) electrons. The molecule has 130 valence electrons. The standard InChI is InChI=1S/C21H23FN2O/c22-20-11-4-10-19(17-20)21(25)24-14-6-13-23(15-16-24)12-5-9-18-7-2-1-3-8-18/h1-5,7-11,17H,6,12-16H2/b9-5+. The minimum Gasteiger partial charge on any atom is -0.337 e. The Labute approximate surface area is 148 Å². The fourth-order valence-corrected chi connectivity index (χ4v) is 3.06. The number of benzene rings is 2. The maximum absolute atomic E-state index is 13.3. The Balaban J connectivity index is 1.53. The van der Waals surface area contributed by atoms with Crippen molar-refractivity contribution >= 4 is 12.0 Å². The summed E-state index contributed by atoms with van der Waals surface area (Å²) in [4.78, 5) is 16.7. The molecule has 0 aromatic heterocycles. The molecule has 1 heterocycles. The average molecular weight is 338 g/mol. The summed E-state index contributed by atoms with van der Waals surface area (Å²) in [5, 5.41) is 0. The van der Waals surface area contributed by atoms with E-state index < -0.39 is 0 Å². The molecule has 0 aliphatic carbocycles. The maximum atomic E-state index is 13.3. The molecule has 2 aromatic carbocycles. The lowest BCUT2D eigenvalue weighted by molar-refractivity contribution is 0.0761. The van der Waals surface area contributed by atoms with E-state index in [1.807, 2.05) is 23.1 Å². The predicted molar refractivity (Wildman–Crippen MR) is 98.8 cm³/mol. The Morgan fingerprint density at radius 1 is 1.00 bits per heavy atom. The van der Waals surface area contributed by atoms with Gasteiger partial charge < -0.3 is 4.90 Å². The molecule has 4 heteroatoms. The van der Waals surface area contributed by atoms with Gasteiger partial charge in [0.2, 0.25) is 0 Å². The number of halogens is 1. The van der Waals surface area contributed by atoms with Gasteiger partial charge >= 0.3 is 0 Å². The number of hydrogen-bond donors (Lipinski definition) is 0. The minimum absolute atomic E-state index is 0.0822. The second kappa shape index (κ2) is 8.58. The molecule has 1 aliphatic rings. The van der Waals surface area contributed by atoms with Crippen LogP contribution in [0.25, 0.3) is 6.08 Å². The highest BCUT2D eigenvalue weighted by Crippen LogP contribution is 2.11. The Morgan fingerprint density at radius 3 is 2.64 bits per heavy atom. The van der Waals surface area contributed by atoms with Crippen LogP contribution in [0.3, 0.4) is 0 Å². The van der Waals surface area contributed by atoms with Gasteiger partial charge in [-0.3, -0.25) is 9.69 Å². The summed E-state index contributed by atoms with van der Waals surface area (Å²) in [6.45, 7) is 4.06. The molecule has 0 spiro atoms. The zero-order chi connectivity index (χ0) is 17.5. The highest BCUT2D eigenvalue weighted by atomic mass is 19.1. The Bertz CT molecular complexity index is 730. The number of rotatable bonds is 4. The molecule has 25 heavy (non-hydrogen) atoms. The summed E-state index contributed by atoms with van der Waals surface area (Å²) >= 11 is 0. The first-order valence-corrected chi connectivity index (χ1v) is 8.71. The lowest BCUT2D eigenvalue weighted by Crippen LogP contribution is -2.35. The summed E-state index contributed by atoms with van der Waals surface area (Å²) in [5.41, 5.74) is 1.62. The van der Waals surface area contributed by atoms with E-state index in [1.54, 1.807) is 12.1 Å². The predicted octanol–water partition coefficient (Wildman–Crippen LogP) is 3.69. The Hall–Kier alpha value is -2.46. The van der Waals surface area contributed by atoms with Gasteiger partial charge in [-0.05, 0) is 30.2 Å². The molecule has 0 N–H and O–H groups in total. The van der Waals surface area contributed by atoms with Crippen LogP contribution in [-0.2, 0) is 0 Å². The molecule has 3 nitrogen and oxygen atoms in total. The van der Waals surface area contributed by atoms with Crippen LogP contribution in [0.5, 0.6) is 0 Å². The first kappa shape index (κ1) is 17.4. The van der Waals surface area contributed by atoms with Crippen molar-refractivity contribution in [1.82, 2.24) is 9.80 Å². The van der Waals surface area contributed by atoms with Gasteiger partial charge in [0.25, 0.3) is 5.91 Å². The number of hydrogen-bond acceptors (Lipinski definition) is 2. The van der Waals surface area contributed by atoms with E-state index in [2.05, 4.69) is 29.2 Å². The smallest absolute Gasteiger partial charge is 0.254 e. The van der Waals surface area contributed by atoms with Crippen molar-refractivity contribution in [3.63, 3.8) is 0 Å². The molecule has 0 unspecified atom stereocenters. The van der Waals surface area contributed by atoms with Crippen molar-refractivity contribution in [1.29, 1.82) is 0 Å². The van der Waals surface area contributed by atoms with Crippen LogP contribution >= 0.6 is 0 Å². The van der Waals surface area contributed by atoms with Gasteiger partial charge in [0.05, 0.1) is 0 Å². The van der Waals surface area contributed by atoms with Crippen LogP contribution in [0.15, 0.2) is 60.7 Å². The summed E-state index contributed by atoms with van der Waals surface area (Å²) in [6, 6.07) is 16.2. The van der Waals surface area contributed by atoms with E-state index in [0.29, 0.717) is 18.7 Å². The summed E-state index contributed by atoms with van der Waals surface area (Å²) in [7, 11) is 0. The lowest BCUT2D eigenvalue weighted by atomic mass is 10.2. The van der Waals surface area contributed by atoms with Crippen molar-refractivity contribution in [3.05, 3.63) is 77.6 Å². The van der Waals surface area contributed by atoms with E-state index in [0.717, 1.165) is 26.1 Å². The number of amides is 1. The first-order valence-electron chi connectivity index (χ1n) is 8.71. The number of nitrogens with zero attached hydrogens (tertiary/aromatic N) is 2. The molecule has 0 bridgehead atoms. The normalized spacial score (nSPS) is 16.1. The van der Waals surface area contributed by atoms with Gasteiger partial charge in [0.15, 0.2) is 0 Å². The fraction of sp³-hybridized carbons (Fsp3) is 0.286. The quantitative estimate of drug-likeness (QED) is 0.849. The van der Waals surface area contributed by atoms with Crippen molar-refractivity contribution < 1.29 is 9.18 Å². The van der Waals surface area contributed by atoms with E-state index in [4.69, 9.17) is 0 Å². The van der Waals surface area contributed by atoms with Gasteiger partial charge in [-0.25, -0.2) is 4.39 Å². The molecular formula is C21H23FN2O. The van der Waals surface area contributed by atoms with E-state index >= 15 is 0 Å². The van der Waals surface area contributed by atoms with Gasteiger partial charge in [-0.2, -0.15) is 0 Å². The van der Waals surface area contributed by atoms with E-state index in [1.165, 1.54) is 17.7 Å². The van der Waals surface area contributed by atoms with Crippen molar-refractivity contribution in [2.24, 2.45) is 0 Å². The third-order valence-corrected chi connectivity index (χ3v) is 4.42. The van der Waals surface area contributed by atoms with Crippen LogP contribution < -0.4 is 0 Å². The third-order valence-electron chi connectivity index (χ3n) is 4.42. The van der Waals surface area contributed by atoms with E-state index in [9.17, 15) is 9.18 Å². The molecule has 3 rings (SSSR count). The van der Waals surface area contributed by atoms with Crippen LogP contribution in [0.1, 0.15) is 22.3 Å². The maximum Gasteiger partial charge on any atom is 0.254 e. The zero-order valence-electron chi connectivity index (χ0n) is 14.3. The number of carbonyl (C=O) groups is 1. The lowest BCUT2D eigenvalue weighted by Gasteiger charge is -2.21. The number of carbonyl (C=O) groups excluding carboxylic acids is 1. The van der Waals surface area contributed by atoms with Crippen LogP contribution in [0, 0.1) is 5.82 Å². The van der Waals surface area contributed by atoms with Crippen LogP contribution in [0.4, 0.5) is 4.39 Å². The van der Waals surface area contributed by atoms with Crippen molar-refractivity contribution in [3.8, 4) is 0 Å². The summed E-state index contributed by atoms with van der Waals surface area (Å²) in [5.74, 6) is -0.450. The molecular weight excluding hydrogens is 315 g/mol. The van der Waals surface area contributed by atoms with Crippen molar-refractivity contribution in [2.75, 3.05) is 32.7 Å². The minimum atomic E-state index is -0.367. The molecule has 0 saturated carbocycles. The molecule has 0 atom stereocenters. The third kappa shape index (κ3) is 5.00. The van der Waals surface area contributed by atoms with E-state index in [-0.39, 0.29) is 11.7 Å². The second-order valence-electron chi connectivity index (χ2n) is 6.27. The Kier molecular flexibility index (Phi) is 5.96. The molecule has 1 aliphatic heterocycles. The van der Waals surface area contributed by atoms with Gasteiger partial charge in [0, 0.05) is 38.3 Å². The fourth-order valence-electron chi connectivity index (χ4n) is 3.06. The Morgan fingerprint density at radius 2 is 1.84 bits per heavy atom. The summed E-state index contributed by atoms with van der Waals surface area (Å²) in [6.07, 6.45) is 5.22. The summed E-state index contributed by atoms with van der Waals surface area (Å²) < 4.78 is 13.3. The van der Waals surface area contributed by atoms with Gasteiger partial charge in [-0.15, -0.1) is 0 Å². The van der Waals surface area contributed by atoms with Crippen LogP contribution in [-0.4, -0.2) is 48.4 Å². The largest absolute Gasteiger partial charge is 0.337 e. The highest BCUT2D eigenvalue weighted by molar-refractivity contribution is 5.94. The molecule has 2 aromatic rings. The second-order valence-corrected chi connectivity index (χ2v) is 6.27. The first-order chi connectivity index (χ1) is 12.2. The molecule has 1 fully saturated rings. The van der Waals surface area contributed by atoms with Gasteiger partial charge in [0.1, 0.15) is 5.82 Å². The highest BCUT2D eigenvalue weighted by Gasteiger charge is 2.20. The average Bonchev–Trinajstić information content (AvgIpc) is 2.88. The molecule has 1 saturated heterocycles. The monoisotopic (exact) mass is 338 g/mol.